The maximum absolute atomic E-state index is 11.3. The van der Waals surface area contributed by atoms with Crippen LogP contribution in [0.3, 0.4) is 0 Å². The van der Waals surface area contributed by atoms with Crippen LogP contribution < -0.4 is 0 Å². The van der Waals surface area contributed by atoms with E-state index in [2.05, 4.69) is 4.90 Å². The number of sulfone groups is 1. The predicted molar refractivity (Wildman–Crippen MR) is 72.1 cm³/mol. The van der Waals surface area contributed by atoms with E-state index in [1.165, 1.54) is 0 Å². The van der Waals surface area contributed by atoms with Crippen molar-refractivity contribution in [2.24, 2.45) is 0 Å². The summed E-state index contributed by atoms with van der Waals surface area (Å²) < 4.78 is 22.7. The molecule has 0 radical (unpaired) electrons. The molecule has 1 saturated heterocycles. The molecular formula is C13H17NO4S. The van der Waals surface area contributed by atoms with Gasteiger partial charge >= 0.3 is 5.97 Å². The predicted octanol–water partition coefficient (Wildman–Crippen LogP) is 0.924. The van der Waals surface area contributed by atoms with E-state index in [0.717, 1.165) is 11.1 Å². The van der Waals surface area contributed by atoms with Crippen molar-refractivity contribution >= 4 is 15.8 Å². The van der Waals surface area contributed by atoms with Gasteiger partial charge in [0.15, 0.2) is 9.84 Å². The van der Waals surface area contributed by atoms with Crippen LogP contribution in [-0.2, 0) is 16.4 Å². The minimum absolute atomic E-state index is 0.208. The van der Waals surface area contributed by atoms with Crippen LogP contribution in [0.25, 0.3) is 0 Å². The van der Waals surface area contributed by atoms with Crippen LogP contribution >= 0.6 is 0 Å². The van der Waals surface area contributed by atoms with Crippen LogP contribution in [0.2, 0.25) is 0 Å². The molecule has 19 heavy (non-hydrogen) atoms. The molecule has 0 aliphatic carbocycles. The fourth-order valence-corrected chi connectivity index (χ4v) is 3.43. The molecule has 1 aliphatic rings. The Bertz CT molecular complexity index is 581. The topological polar surface area (TPSA) is 74.7 Å². The number of hydrogen-bond donors (Lipinski definition) is 1. The normalized spacial score (nSPS) is 19.2. The number of nitrogens with zero attached hydrogens (tertiary/aromatic N) is 1. The SMILES string of the molecule is Cc1cc(C(=O)O)ccc1CN1CCS(=O)(=O)CC1. The molecule has 1 N–H and O–H groups in total. The summed E-state index contributed by atoms with van der Waals surface area (Å²) in [6.07, 6.45) is 0. The van der Waals surface area contributed by atoms with Gasteiger partial charge in [0.1, 0.15) is 0 Å². The lowest BCUT2D eigenvalue weighted by Crippen LogP contribution is -2.39. The zero-order valence-corrected chi connectivity index (χ0v) is 11.6. The van der Waals surface area contributed by atoms with Crippen molar-refractivity contribution in [3.8, 4) is 0 Å². The fourth-order valence-electron chi connectivity index (χ4n) is 2.16. The van der Waals surface area contributed by atoms with Gasteiger partial charge in [-0.1, -0.05) is 6.07 Å². The first-order valence-corrected chi connectivity index (χ1v) is 7.95. The Morgan fingerprint density at radius 3 is 2.47 bits per heavy atom. The van der Waals surface area contributed by atoms with E-state index in [0.29, 0.717) is 19.6 Å². The molecular weight excluding hydrogens is 266 g/mol. The second-order valence-electron chi connectivity index (χ2n) is 4.87. The van der Waals surface area contributed by atoms with Crippen LogP contribution in [0.15, 0.2) is 18.2 Å². The van der Waals surface area contributed by atoms with Crippen LogP contribution in [0.4, 0.5) is 0 Å². The van der Waals surface area contributed by atoms with E-state index in [1.54, 1.807) is 12.1 Å². The number of carboxylic acids is 1. The van der Waals surface area contributed by atoms with E-state index in [1.807, 2.05) is 13.0 Å². The molecule has 0 unspecified atom stereocenters. The van der Waals surface area contributed by atoms with Crippen molar-refractivity contribution in [1.29, 1.82) is 0 Å². The zero-order valence-electron chi connectivity index (χ0n) is 10.8. The summed E-state index contributed by atoms with van der Waals surface area (Å²) in [5, 5.41) is 8.90. The number of benzene rings is 1. The summed E-state index contributed by atoms with van der Waals surface area (Å²) in [5.74, 6) is -0.517. The number of hydrogen-bond acceptors (Lipinski definition) is 4. The van der Waals surface area contributed by atoms with E-state index < -0.39 is 15.8 Å². The van der Waals surface area contributed by atoms with E-state index >= 15 is 0 Å². The molecule has 0 amide bonds. The highest BCUT2D eigenvalue weighted by Crippen LogP contribution is 2.15. The highest BCUT2D eigenvalue weighted by molar-refractivity contribution is 7.91. The second kappa shape index (κ2) is 5.30. The molecule has 1 aliphatic heterocycles. The molecule has 2 rings (SSSR count). The maximum atomic E-state index is 11.3. The lowest BCUT2D eigenvalue weighted by Gasteiger charge is -2.27. The second-order valence-corrected chi connectivity index (χ2v) is 7.18. The average molecular weight is 283 g/mol. The van der Waals surface area contributed by atoms with Gasteiger partial charge in [0.05, 0.1) is 17.1 Å². The van der Waals surface area contributed by atoms with Gasteiger partial charge in [0.25, 0.3) is 0 Å². The van der Waals surface area contributed by atoms with Crippen molar-refractivity contribution in [1.82, 2.24) is 4.90 Å². The summed E-state index contributed by atoms with van der Waals surface area (Å²) in [4.78, 5) is 12.9. The molecule has 104 valence electrons. The Kier molecular flexibility index (Phi) is 3.91. The maximum Gasteiger partial charge on any atom is 0.335 e. The lowest BCUT2D eigenvalue weighted by atomic mass is 10.0. The van der Waals surface area contributed by atoms with Crippen molar-refractivity contribution in [2.75, 3.05) is 24.6 Å². The van der Waals surface area contributed by atoms with Crippen molar-refractivity contribution in [3.05, 3.63) is 34.9 Å². The van der Waals surface area contributed by atoms with Crippen molar-refractivity contribution in [2.45, 2.75) is 13.5 Å². The van der Waals surface area contributed by atoms with Crippen LogP contribution in [0, 0.1) is 6.92 Å². The molecule has 0 saturated carbocycles. The Labute approximate surface area is 112 Å². The number of carboxylic acid groups (broad SMARTS) is 1. The Hall–Kier alpha value is -1.40. The minimum atomic E-state index is -2.86. The van der Waals surface area contributed by atoms with Gasteiger partial charge in [0.2, 0.25) is 0 Å². The van der Waals surface area contributed by atoms with Gasteiger partial charge < -0.3 is 5.11 Å². The van der Waals surface area contributed by atoms with Gasteiger partial charge in [-0.15, -0.1) is 0 Å². The number of carbonyl (C=O) groups is 1. The summed E-state index contributed by atoms with van der Waals surface area (Å²) in [5.41, 5.74) is 2.25. The first-order chi connectivity index (χ1) is 8.87. The number of rotatable bonds is 3. The summed E-state index contributed by atoms with van der Waals surface area (Å²) >= 11 is 0. The zero-order chi connectivity index (χ0) is 14.0. The molecule has 1 aromatic carbocycles. The van der Waals surface area contributed by atoms with Crippen LogP contribution in [0.5, 0.6) is 0 Å². The first kappa shape index (κ1) is 14.0. The van der Waals surface area contributed by atoms with Gasteiger partial charge in [-0.3, -0.25) is 4.90 Å². The van der Waals surface area contributed by atoms with E-state index in [9.17, 15) is 13.2 Å². The van der Waals surface area contributed by atoms with Gasteiger partial charge in [-0.2, -0.15) is 0 Å². The average Bonchev–Trinajstić information content (AvgIpc) is 2.34. The lowest BCUT2D eigenvalue weighted by molar-refractivity contribution is 0.0696. The molecule has 0 atom stereocenters. The highest BCUT2D eigenvalue weighted by Gasteiger charge is 2.21. The minimum Gasteiger partial charge on any atom is -0.478 e. The third kappa shape index (κ3) is 3.54. The molecule has 1 heterocycles. The first-order valence-electron chi connectivity index (χ1n) is 6.13. The number of aromatic carboxylic acids is 1. The quantitative estimate of drug-likeness (QED) is 0.893. The van der Waals surface area contributed by atoms with Gasteiger partial charge in [-0.05, 0) is 30.2 Å². The summed E-state index contributed by atoms with van der Waals surface area (Å²) in [7, 11) is -2.86. The van der Waals surface area contributed by atoms with Crippen LogP contribution in [-0.4, -0.2) is 49.0 Å². The Morgan fingerprint density at radius 2 is 1.95 bits per heavy atom. The molecule has 5 nitrogen and oxygen atoms in total. The molecule has 1 fully saturated rings. The molecule has 6 heteroatoms. The van der Waals surface area contributed by atoms with Crippen LogP contribution in [0.1, 0.15) is 21.5 Å². The molecule has 1 aromatic rings. The largest absolute Gasteiger partial charge is 0.478 e. The van der Waals surface area contributed by atoms with Crippen molar-refractivity contribution in [3.63, 3.8) is 0 Å². The van der Waals surface area contributed by atoms with Gasteiger partial charge in [-0.25, -0.2) is 13.2 Å². The summed E-state index contributed by atoms with van der Waals surface area (Å²) in [6.45, 7) is 3.63. The third-order valence-electron chi connectivity index (χ3n) is 3.42. The Balaban J connectivity index is 2.06. The smallest absolute Gasteiger partial charge is 0.335 e. The van der Waals surface area contributed by atoms with E-state index in [-0.39, 0.29) is 17.1 Å². The summed E-state index contributed by atoms with van der Waals surface area (Å²) in [6, 6.07) is 5.05. The molecule has 0 spiro atoms. The van der Waals surface area contributed by atoms with Gasteiger partial charge in [0, 0.05) is 19.6 Å². The molecule has 0 aromatic heterocycles. The molecule has 0 bridgehead atoms. The van der Waals surface area contributed by atoms with Crippen molar-refractivity contribution < 1.29 is 18.3 Å². The third-order valence-corrected chi connectivity index (χ3v) is 5.03. The number of aryl methyl sites for hydroxylation is 1. The van der Waals surface area contributed by atoms with E-state index in [4.69, 9.17) is 5.11 Å². The fraction of sp³-hybridized carbons (Fsp3) is 0.462. The highest BCUT2D eigenvalue weighted by atomic mass is 32.2. The standard InChI is InChI=1S/C13H17NO4S/c1-10-8-11(13(15)16)2-3-12(10)9-14-4-6-19(17,18)7-5-14/h2-3,8H,4-7,9H2,1H3,(H,15,16). The Morgan fingerprint density at radius 1 is 1.32 bits per heavy atom. The monoisotopic (exact) mass is 283 g/mol.